The van der Waals surface area contributed by atoms with Crippen LogP contribution in [-0.4, -0.2) is 4.98 Å². The van der Waals surface area contributed by atoms with Gasteiger partial charge in [0.1, 0.15) is 7.05 Å². The Balaban J connectivity index is 1.58. The van der Waals surface area contributed by atoms with E-state index in [1.54, 1.807) is 0 Å². The second-order valence-electron chi connectivity index (χ2n) is 9.64. The largest absolute Gasteiger partial charge is 0.257 e. The molecule has 4 heterocycles. The summed E-state index contributed by atoms with van der Waals surface area (Å²) < 4.78 is 20.1. The minimum atomic E-state index is -1.31. The molecule has 7 bridgehead atoms. The lowest BCUT2D eigenvalue weighted by Gasteiger charge is -2.28. The molecule has 1 fully saturated rings. The predicted molar refractivity (Wildman–Crippen MR) is 121 cm³/mol. The Morgan fingerprint density at radius 2 is 1.77 bits per heavy atom. The van der Waals surface area contributed by atoms with Crippen LogP contribution in [0.2, 0.25) is 0 Å². The van der Waals surface area contributed by atoms with E-state index < -0.39 is 6.37 Å². The molecule has 2 nitrogen and oxygen atoms in total. The molecule has 0 radical (unpaired) electrons. The Kier molecular flexibility index (Phi) is 3.81. The van der Waals surface area contributed by atoms with Crippen LogP contribution in [0.1, 0.15) is 62.9 Å². The van der Waals surface area contributed by atoms with Crippen LogP contribution in [-0.2, 0) is 26.3 Å². The summed E-state index contributed by atoms with van der Waals surface area (Å²) in [5.74, 6) is 1.15. The minimum Gasteiger partial charge on any atom is -0.257 e. The van der Waals surface area contributed by atoms with Crippen LogP contribution in [0.15, 0.2) is 42.6 Å². The fraction of sp³-hybridized carbons (Fsp3) is 0.429. The number of aryl methyl sites for hydroxylation is 3. The summed E-state index contributed by atoms with van der Waals surface area (Å²) in [7, 11) is 2.07. The minimum absolute atomic E-state index is 0.466. The van der Waals surface area contributed by atoms with Gasteiger partial charge < -0.3 is 0 Å². The summed E-state index contributed by atoms with van der Waals surface area (Å²) in [5, 5.41) is 0. The van der Waals surface area contributed by atoms with Gasteiger partial charge >= 0.3 is 0 Å². The van der Waals surface area contributed by atoms with Crippen molar-refractivity contribution in [3.63, 3.8) is 0 Å². The highest BCUT2D eigenvalue weighted by Crippen LogP contribution is 2.42. The van der Waals surface area contributed by atoms with Gasteiger partial charge in [0.15, 0.2) is 6.20 Å². The summed E-state index contributed by atoms with van der Waals surface area (Å²) in [6.07, 6.45) is 7.92. The van der Waals surface area contributed by atoms with Gasteiger partial charge in [0.2, 0.25) is 5.69 Å². The van der Waals surface area contributed by atoms with E-state index in [2.05, 4.69) is 48.9 Å². The van der Waals surface area contributed by atoms with Gasteiger partial charge in [-0.3, -0.25) is 4.98 Å². The van der Waals surface area contributed by atoms with Crippen LogP contribution in [0.4, 0.5) is 0 Å². The van der Waals surface area contributed by atoms with Crippen molar-refractivity contribution in [2.75, 3.05) is 0 Å². The number of aromatic nitrogens is 2. The Hall–Kier alpha value is -2.48. The Labute approximate surface area is 182 Å². The van der Waals surface area contributed by atoms with Crippen LogP contribution in [0.3, 0.4) is 0 Å². The van der Waals surface area contributed by atoms with Gasteiger partial charge in [0, 0.05) is 32.6 Å². The lowest BCUT2D eigenvalue weighted by molar-refractivity contribution is -0.660. The molecule has 1 saturated carbocycles. The first kappa shape index (κ1) is 16.2. The third kappa shape index (κ3) is 3.00. The summed E-state index contributed by atoms with van der Waals surface area (Å²) in [6.45, 7) is 2.18. The van der Waals surface area contributed by atoms with Gasteiger partial charge in [-0.05, 0) is 79.1 Å². The van der Waals surface area contributed by atoms with Crippen LogP contribution in [0.5, 0.6) is 0 Å². The number of pyridine rings is 2. The van der Waals surface area contributed by atoms with Crippen molar-refractivity contribution in [2.24, 2.45) is 18.9 Å². The van der Waals surface area contributed by atoms with Crippen molar-refractivity contribution in [3.05, 3.63) is 70.7 Å². The fourth-order valence-electron chi connectivity index (χ4n) is 5.89. The number of hydrogen-bond donors (Lipinski definition) is 0. The zero-order chi connectivity index (χ0) is 22.0. The third-order valence-corrected chi connectivity index (χ3v) is 7.65. The van der Waals surface area contributed by atoms with Crippen molar-refractivity contribution in [1.29, 1.82) is 0 Å². The molecule has 4 aliphatic rings. The molecule has 30 heavy (non-hydrogen) atoms. The van der Waals surface area contributed by atoms with Crippen LogP contribution < -0.4 is 4.57 Å². The summed E-state index contributed by atoms with van der Waals surface area (Å²) in [4.78, 5) is 5.16. The van der Waals surface area contributed by atoms with E-state index in [0.29, 0.717) is 18.3 Å². The lowest BCUT2D eigenvalue weighted by Crippen LogP contribution is -2.31. The van der Waals surface area contributed by atoms with Gasteiger partial charge in [-0.2, -0.15) is 0 Å². The molecule has 0 N–H and O–H groups in total. The molecular weight excluding hydrogens is 364 g/mol. The number of fused-ring (bicyclic) bond motifs is 4. The van der Waals surface area contributed by atoms with Gasteiger partial charge in [0.25, 0.3) is 0 Å². The first-order valence-electron chi connectivity index (χ1n) is 12.5. The van der Waals surface area contributed by atoms with Crippen molar-refractivity contribution < 1.29 is 7.31 Å². The standard InChI is InChI=1S/C28H31N2/c1-18-3-11-23-24-12-10-22-15-20-7-4-19(5-8-20)6-9-21-13-14-30(2)27(16-21)28(18)25(23)17-26(24)29-22/h3,10-14,16,19-20H,4-9,15,17H2,1-2H3/q+1/i9D2. The van der Waals surface area contributed by atoms with E-state index in [-0.39, 0.29) is 0 Å². The van der Waals surface area contributed by atoms with Crippen molar-refractivity contribution in [1.82, 2.24) is 4.98 Å². The summed E-state index contributed by atoms with van der Waals surface area (Å²) in [5.41, 5.74) is 10.7. The lowest BCUT2D eigenvalue weighted by atomic mass is 9.78. The molecule has 2 aliphatic carbocycles. The highest BCUT2D eigenvalue weighted by molar-refractivity contribution is 5.84. The first-order valence-corrected chi connectivity index (χ1v) is 11.5. The van der Waals surface area contributed by atoms with Gasteiger partial charge in [-0.25, -0.2) is 4.57 Å². The molecule has 2 heteroatoms. The normalized spacial score (nSPS) is 24.6. The quantitative estimate of drug-likeness (QED) is 0.345. The molecule has 0 saturated heterocycles. The second kappa shape index (κ2) is 7.04. The van der Waals surface area contributed by atoms with E-state index in [1.165, 1.54) is 52.0 Å². The van der Waals surface area contributed by atoms with E-state index >= 15 is 0 Å². The van der Waals surface area contributed by atoms with Gasteiger partial charge in [-0.1, -0.05) is 31.0 Å². The molecule has 0 atom stereocenters. The van der Waals surface area contributed by atoms with E-state index in [0.717, 1.165) is 36.9 Å². The van der Waals surface area contributed by atoms with E-state index in [9.17, 15) is 0 Å². The predicted octanol–water partition coefficient (Wildman–Crippen LogP) is 5.75. The van der Waals surface area contributed by atoms with Crippen LogP contribution in [0.25, 0.3) is 22.4 Å². The number of benzene rings is 1. The zero-order valence-corrected chi connectivity index (χ0v) is 18.0. The number of nitrogens with zero attached hydrogens (tertiary/aromatic N) is 2. The van der Waals surface area contributed by atoms with Gasteiger partial charge in [-0.15, -0.1) is 0 Å². The monoisotopic (exact) mass is 397 g/mol. The zero-order valence-electron chi connectivity index (χ0n) is 20.0. The van der Waals surface area contributed by atoms with Gasteiger partial charge in [0.05, 0.1) is 11.3 Å². The molecular formula is C28H31N2+. The summed E-state index contributed by atoms with van der Waals surface area (Å²) in [6, 6.07) is 13.1. The Morgan fingerprint density at radius 1 is 0.967 bits per heavy atom. The molecule has 2 aromatic heterocycles. The maximum atomic E-state index is 8.97. The smallest absolute Gasteiger partial charge is 0.213 e. The molecule has 0 amide bonds. The highest BCUT2D eigenvalue weighted by atomic mass is 14.9. The summed E-state index contributed by atoms with van der Waals surface area (Å²) >= 11 is 0. The van der Waals surface area contributed by atoms with E-state index in [1.807, 2.05) is 12.3 Å². The molecule has 0 spiro atoms. The maximum absolute atomic E-state index is 8.97. The molecule has 152 valence electrons. The third-order valence-electron chi connectivity index (χ3n) is 7.65. The molecule has 0 unspecified atom stereocenters. The average molecular weight is 398 g/mol. The van der Waals surface area contributed by atoms with Crippen molar-refractivity contribution in [2.45, 2.75) is 58.2 Å². The molecule has 1 aromatic carbocycles. The van der Waals surface area contributed by atoms with Crippen LogP contribution in [0, 0.1) is 18.8 Å². The highest BCUT2D eigenvalue weighted by Gasteiger charge is 2.29. The molecule has 2 aliphatic heterocycles. The SMILES string of the molecule is [2H]C1([2H])CC2CCC(CC2)Cc2ccc3c(n2)Cc2c-3ccc(C)c2-c2cc1cc[n+]2C. The van der Waals surface area contributed by atoms with Crippen molar-refractivity contribution in [3.8, 4) is 22.4 Å². The Morgan fingerprint density at radius 3 is 2.63 bits per heavy atom. The average Bonchev–Trinajstić information content (AvgIpc) is 3.12. The fourth-order valence-corrected chi connectivity index (χ4v) is 5.89. The second-order valence-corrected chi connectivity index (χ2v) is 9.64. The first-order chi connectivity index (χ1) is 15.4. The topological polar surface area (TPSA) is 16.8 Å². The molecule has 7 rings (SSSR count). The molecule has 3 aromatic rings. The van der Waals surface area contributed by atoms with E-state index in [4.69, 9.17) is 7.73 Å². The number of rotatable bonds is 0. The van der Waals surface area contributed by atoms with Crippen molar-refractivity contribution >= 4 is 0 Å². The number of hydrogen-bond acceptors (Lipinski definition) is 1. The van der Waals surface area contributed by atoms with Crippen LogP contribution >= 0.6 is 0 Å². The maximum Gasteiger partial charge on any atom is 0.213 e. The Bertz CT molecular complexity index is 1220.